The Balaban J connectivity index is 1.67. The lowest BCUT2D eigenvalue weighted by Gasteiger charge is -2.43. The number of ether oxygens (including phenoxy) is 1. The molecular weight excluding hydrogens is 310 g/mol. The van der Waals surface area contributed by atoms with E-state index in [-0.39, 0.29) is 0 Å². The molecule has 0 bridgehead atoms. The van der Waals surface area contributed by atoms with E-state index in [1.165, 1.54) is 0 Å². The Bertz CT molecular complexity index is 863. The monoisotopic (exact) mass is 327 g/mol. The quantitative estimate of drug-likeness (QED) is 0.684. The van der Waals surface area contributed by atoms with E-state index in [1.54, 1.807) is 6.33 Å². The molecule has 0 amide bonds. The van der Waals surface area contributed by atoms with Gasteiger partial charge in [-0.2, -0.15) is 11.8 Å². The largest absolute Gasteiger partial charge is 0.450 e. The highest BCUT2D eigenvalue weighted by Gasteiger charge is 2.36. The van der Waals surface area contributed by atoms with Gasteiger partial charge in [0, 0.05) is 35.6 Å². The Hall–Kier alpha value is -1.79. The van der Waals surface area contributed by atoms with E-state index in [2.05, 4.69) is 20.9 Å². The predicted octanol–water partition coefficient (Wildman–Crippen LogP) is 3.09. The van der Waals surface area contributed by atoms with E-state index in [9.17, 15) is 0 Å². The average molecular weight is 327 g/mol. The molecule has 1 aromatic carbocycles. The molecule has 2 unspecified atom stereocenters. The summed E-state index contributed by atoms with van der Waals surface area (Å²) in [5.74, 6) is 2.03. The van der Waals surface area contributed by atoms with E-state index in [0.29, 0.717) is 11.3 Å². The van der Waals surface area contributed by atoms with Gasteiger partial charge in [-0.1, -0.05) is 12.1 Å². The first kappa shape index (κ1) is 13.6. The van der Waals surface area contributed by atoms with E-state index in [4.69, 9.17) is 9.15 Å². The number of para-hydroxylation sites is 1. The van der Waals surface area contributed by atoms with Crippen LogP contribution in [0.25, 0.3) is 22.1 Å². The van der Waals surface area contributed by atoms with Crippen molar-refractivity contribution in [2.75, 3.05) is 30.4 Å². The second-order valence-corrected chi connectivity index (χ2v) is 7.35. The summed E-state index contributed by atoms with van der Waals surface area (Å²) in [7, 11) is 0. The second-order valence-electron chi connectivity index (χ2n) is 6.01. The van der Waals surface area contributed by atoms with Crippen molar-refractivity contribution in [2.24, 2.45) is 0 Å². The van der Waals surface area contributed by atoms with Gasteiger partial charge in [0.1, 0.15) is 17.4 Å². The molecule has 23 heavy (non-hydrogen) atoms. The van der Waals surface area contributed by atoms with Gasteiger partial charge in [-0.3, -0.25) is 0 Å². The van der Waals surface area contributed by atoms with Crippen LogP contribution in [0.3, 0.4) is 0 Å². The van der Waals surface area contributed by atoms with Gasteiger partial charge in [0.25, 0.3) is 0 Å². The fourth-order valence-corrected chi connectivity index (χ4v) is 4.97. The molecule has 0 N–H and O–H groups in total. The summed E-state index contributed by atoms with van der Waals surface area (Å²) in [6.45, 7) is 2.65. The number of furan rings is 1. The summed E-state index contributed by atoms with van der Waals surface area (Å²) in [6.07, 6.45) is 2.71. The third-order valence-electron chi connectivity index (χ3n) is 4.74. The van der Waals surface area contributed by atoms with Crippen molar-refractivity contribution in [1.82, 2.24) is 9.97 Å². The molecule has 4 heterocycles. The van der Waals surface area contributed by atoms with Gasteiger partial charge in [0.15, 0.2) is 11.4 Å². The summed E-state index contributed by atoms with van der Waals surface area (Å²) in [4.78, 5) is 11.5. The lowest BCUT2D eigenvalue weighted by atomic mass is 10.1. The highest BCUT2D eigenvalue weighted by molar-refractivity contribution is 8.00. The topological polar surface area (TPSA) is 51.4 Å². The van der Waals surface area contributed by atoms with Crippen LogP contribution in [0.2, 0.25) is 0 Å². The predicted molar refractivity (Wildman–Crippen MR) is 92.1 cm³/mol. The number of aromatic nitrogens is 2. The molecule has 2 fully saturated rings. The van der Waals surface area contributed by atoms with Gasteiger partial charge in [-0.25, -0.2) is 9.97 Å². The maximum Gasteiger partial charge on any atom is 0.196 e. The second kappa shape index (κ2) is 5.39. The van der Waals surface area contributed by atoms with E-state index >= 15 is 0 Å². The van der Waals surface area contributed by atoms with Crippen molar-refractivity contribution in [2.45, 2.75) is 17.7 Å². The molecule has 118 valence electrons. The number of thioether (sulfide) groups is 1. The highest BCUT2D eigenvalue weighted by atomic mass is 32.2. The maximum absolute atomic E-state index is 6.11. The van der Waals surface area contributed by atoms with Gasteiger partial charge in [0.2, 0.25) is 0 Å². The Morgan fingerprint density at radius 1 is 1.22 bits per heavy atom. The molecule has 3 aromatic rings. The van der Waals surface area contributed by atoms with Gasteiger partial charge in [-0.15, -0.1) is 0 Å². The minimum absolute atomic E-state index is 0.466. The van der Waals surface area contributed by atoms with Crippen LogP contribution >= 0.6 is 11.8 Å². The number of fused-ring (bicyclic) bond motifs is 4. The molecule has 0 radical (unpaired) electrons. The third kappa shape index (κ3) is 2.12. The minimum atomic E-state index is 0.466. The number of nitrogens with zero attached hydrogens (tertiary/aromatic N) is 3. The van der Waals surface area contributed by atoms with Crippen LogP contribution in [-0.2, 0) is 4.74 Å². The summed E-state index contributed by atoms with van der Waals surface area (Å²) in [6, 6.07) is 8.52. The fraction of sp³-hybridized carbons (Fsp3) is 0.412. The number of rotatable bonds is 1. The number of anilines is 1. The van der Waals surface area contributed by atoms with Crippen LogP contribution < -0.4 is 4.90 Å². The normalized spacial score (nSPS) is 25.0. The van der Waals surface area contributed by atoms with Crippen LogP contribution in [0.4, 0.5) is 5.82 Å². The minimum Gasteiger partial charge on any atom is -0.450 e. The molecule has 0 aliphatic carbocycles. The van der Waals surface area contributed by atoms with E-state index in [1.807, 2.05) is 30.0 Å². The smallest absolute Gasteiger partial charge is 0.196 e. The molecule has 2 aliphatic rings. The number of hydrogen-bond donors (Lipinski definition) is 0. The van der Waals surface area contributed by atoms with Crippen molar-refractivity contribution in [3.8, 4) is 0 Å². The average Bonchev–Trinajstić information content (AvgIpc) is 3.00. The summed E-state index contributed by atoms with van der Waals surface area (Å²) < 4.78 is 11.8. The molecule has 2 saturated heterocycles. The molecule has 2 atom stereocenters. The lowest BCUT2D eigenvalue weighted by Crippen LogP contribution is -2.52. The molecule has 6 heteroatoms. The van der Waals surface area contributed by atoms with Gasteiger partial charge < -0.3 is 14.1 Å². The Labute approximate surface area is 138 Å². The lowest BCUT2D eigenvalue weighted by molar-refractivity contribution is 0.0883. The van der Waals surface area contributed by atoms with Crippen molar-refractivity contribution in [3.63, 3.8) is 0 Å². The van der Waals surface area contributed by atoms with Gasteiger partial charge in [0.05, 0.1) is 6.61 Å². The number of hydrogen-bond acceptors (Lipinski definition) is 6. The Morgan fingerprint density at radius 2 is 2.17 bits per heavy atom. The van der Waals surface area contributed by atoms with Crippen LogP contribution in [0.1, 0.15) is 6.42 Å². The SMILES string of the molecule is c1ccc2c(c1)oc1c(N3CCSC4COCCC43)ncnc12. The third-order valence-corrected chi connectivity index (χ3v) is 6.04. The molecule has 5 rings (SSSR count). The van der Waals surface area contributed by atoms with Crippen LogP contribution in [0.15, 0.2) is 35.0 Å². The molecule has 0 saturated carbocycles. The van der Waals surface area contributed by atoms with E-state index < -0.39 is 0 Å². The standard InChI is InChI=1S/C17H17N3O2S/c1-2-4-13-11(3-1)15-16(22-13)17(19-10-18-15)20-6-8-23-14-9-21-7-5-12(14)20/h1-4,10,12,14H,5-9H2. The highest BCUT2D eigenvalue weighted by Crippen LogP contribution is 2.37. The van der Waals surface area contributed by atoms with Crippen molar-refractivity contribution in [1.29, 1.82) is 0 Å². The fourth-order valence-electron chi connectivity index (χ4n) is 3.66. The Kier molecular flexibility index (Phi) is 3.19. The molecule has 2 aromatic heterocycles. The van der Waals surface area contributed by atoms with Crippen LogP contribution in [0.5, 0.6) is 0 Å². The van der Waals surface area contributed by atoms with Crippen LogP contribution in [-0.4, -0.2) is 46.8 Å². The summed E-state index contributed by atoms with van der Waals surface area (Å²) in [5.41, 5.74) is 2.59. The van der Waals surface area contributed by atoms with Crippen molar-refractivity contribution in [3.05, 3.63) is 30.6 Å². The zero-order valence-corrected chi connectivity index (χ0v) is 13.5. The first-order chi connectivity index (χ1) is 11.4. The first-order valence-electron chi connectivity index (χ1n) is 8.00. The first-order valence-corrected chi connectivity index (χ1v) is 9.05. The molecule has 2 aliphatic heterocycles. The number of benzene rings is 1. The zero-order chi connectivity index (χ0) is 15.2. The van der Waals surface area contributed by atoms with Crippen LogP contribution in [0, 0.1) is 0 Å². The molecular formula is C17H17N3O2S. The maximum atomic E-state index is 6.11. The summed E-state index contributed by atoms with van der Waals surface area (Å²) in [5, 5.41) is 1.58. The van der Waals surface area contributed by atoms with Gasteiger partial charge >= 0.3 is 0 Å². The van der Waals surface area contributed by atoms with Crippen molar-refractivity contribution >= 4 is 39.6 Å². The molecule has 5 nitrogen and oxygen atoms in total. The zero-order valence-electron chi connectivity index (χ0n) is 12.6. The Morgan fingerprint density at radius 3 is 3.17 bits per heavy atom. The van der Waals surface area contributed by atoms with E-state index in [0.717, 1.165) is 59.8 Å². The summed E-state index contributed by atoms with van der Waals surface area (Å²) >= 11 is 2.02. The van der Waals surface area contributed by atoms with Gasteiger partial charge in [-0.05, 0) is 18.6 Å². The van der Waals surface area contributed by atoms with Crippen molar-refractivity contribution < 1.29 is 9.15 Å². The molecule has 0 spiro atoms.